The number of rotatable bonds is 2. The number of benzene rings is 1. The van der Waals surface area contributed by atoms with E-state index in [4.69, 9.17) is 10.5 Å². The van der Waals surface area contributed by atoms with Crippen molar-refractivity contribution in [2.45, 2.75) is 26.3 Å². The van der Waals surface area contributed by atoms with Crippen LogP contribution in [0, 0.1) is 12.7 Å². The topological polar surface area (TPSA) is 35.2 Å². The standard InChI is InChI=1S/C11H16FNO/c1-7-5-8(11(2,3)13)10(12)9(6-7)14-4/h5-6H,13H2,1-4H3. The summed E-state index contributed by atoms with van der Waals surface area (Å²) in [5, 5.41) is 0. The van der Waals surface area contributed by atoms with E-state index in [-0.39, 0.29) is 11.6 Å². The van der Waals surface area contributed by atoms with Crippen LogP contribution in [-0.4, -0.2) is 7.11 Å². The molecular weight excluding hydrogens is 181 g/mol. The molecule has 0 aliphatic carbocycles. The van der Waals surface area contributed by atoms with Crippen molar-refractivity contribution in [3.63, 3.8) is 0 Å². The highest BCUT2D eigenvalue weighted by atomic mass is 19.1. The number of hydrogen-bond acceptors (Lipinski definition) is 2. The third-order valence-electron chi connectivity index (χ3n) is 2.10. The molecule has 0 aliphatic heterocycles. The van der Waals surface area contributed by atoms with Gasteiger partial charge in [-0.1, -0.05) is 6.07 Å². The van der Waals surface area contributed by atoms with Gasteiger partial charge in [0.1, 0.15) is 0 Å². The van der Waals surface area contributed by atoms with E-state index in [9.17, 15) is 4.39 Å². The lowest BCUT2D eigenvalue weighted by molar-refractivity contribution is 0.376. The molecule has 2 N–H and O–H groups in total. The molecule has 2 nitrogen and oxygen atoms in total. The second-order valence-corrected chi connectivity index (χ2v) is 4.05. The summed E-state index contributed by atoms with van der Waals surface area (Å²) in [5.41, 5.74) is 6.59. The van der Waals surface area contributed by atoms with Crippen molar-refractivity contribution in [1.82, 2.24) is 0 Å². The quantitative estimate of drug-likeness (QED) is 0.789. The molecule has 0 amide bonds. The predicted octanol–water partition coefficient (Wildman–Crippen LogP) is 2.34. The van der Waals surface area contributed by atoms with Gasteiger partial charge in [0.25, 0.3) is 0 Å². The van der Waals surface area contributed by atoms with E-state index in [0.29, 0.717) is 5.56 Å². The highest BCUT2D eigenvalue weighted by Gasteiger charge is 2.21. The van der Waals surface area contributed by atoms with Crippen LogP contribution >= 0.6 is 0 Å². The van der Waals surface area contributed by atoms with E-state index < -0.39 is 5.54 Å². The molecule has 3 heteroatoms. The summed E-state index contributed by atoms with van der Waals surface area (Å²) in [5.74, 6) is -0.121. The normalized spacial score (nSPS) is 11.6. The summed E-state index contributed by atoms with van der Waals surface area (Å²) in [6.07, 6.45) is 0. The van der Waals surface area contributed by atoms with Gasteiger partial charge in [0.2, 0.25) is 0 Å². The van der Waals surface area contributed by atoms with Gasteiger partial charge in [0, 0.05) is 11.1 Å². The Kier molecular flexibility index (Phi) is 2.81. The molecule has 0 unspecified atom stereocenters. The molecule has 1 aromatic rings. The third-order valence-corrected chi connectivity index (χ3v) is 2.10. The summed E-state index contributed by atoms with van der Waals surface area (Å²) in [4.78, 5) is 0. The fraction of sp³-hybridized carbons (Fsp3) is 0.455. The van der Waals surface area contributed by atoms with Crippen LogP contribution in [0.2, 0.25) is 0 Å². The average Bonchev–Trinajstić information content (AvgIpc) is 2.06. The molecule has 0 aliphatic rings. The van der Waals surface area contributed by atoms with E-state index >= 15 is 0 Å². The zero-order chi connectivity index (χ0) is 10.9. The Morgan fingerprint density at radius 3 is 2.36 bits per heavy atom. The number of methoxy groups -OCH3 is 1. The lowest BCUT2D eigenvalue weighted by Crippen LogP contribution is -2.30. The molecule has 0 aromatic heterocycles. The van der Waals surface area contributed by atoms with Crippen molar-refractivity contribution in [3.05, 3.63) is 29.1 Å². The first kappa shape index (κ1) is 11.0. The molecule has 78 valence electrons. The molecule has 0 fully saturated rings. The van der Waals surface area contributed by atoms with Crippen LogP contribution < -0.4 is 10.5 Å². The van der Waals surface area contributed by atoms with Gasteiger partial charge < -0.3 is 10.5 Å². The Hall–Kier alpha value is -1.09. The monoisotopic (exact) mass is 197 g/mol. The molecule has 0 saturated heterocycles. The first-order valence-electron chi connectivity index (χ1n) is 4.49. The van der Waals surface area contributed by atoms with Crippen molar-refractivity contribution in [1.29, 1.82) is 0 Å². The zero-order valence-electron chi connectivity index (χ0n) is 9.02. The molecule has 0 heterocycles. The van der Waals surface area contributed by atoms with E-state index in [2.05, 4.69) is 0 Å². The van der Waals surface area contributed by atoms with Gasteiger partial charge in [-0.05, 0) is 32.4 Å². The first-order chi connectivity index (χ1) is 6.36. The third kappa shape index (κ3) is 2.04. The van der Waals surface area contributed by atoms with E-state index in [1.807, 2.05) is 6.92 Å². The van der Waals surface area contributed by atoms with E-state index in [1.165, 1.54) is 7.11 Å². The van der Waals surface area contributed by atoms with E-state index in [0.717, 1.165) is 5.56 Å². The number of hydrogen-bond donors (Lipinski definition) is 1. The van der Waals surface area contributed by atoms with Crippen molar-refractivity contribution >= 4 is 0 Å². The van der Waals surface area contributed by atoms with Gasteiger partial charge in [-0.3, -0.25) is 0 Å². The highest BCUT2D eigenvalue weighted by Crippen LogP contribution is 2.28. The maximum Gasteiger partial charge on any atom is 0.170 e. The maximum atomic E-state index is 13.7. The van der Waals surface area contributed by atoms with Crippen LogP contribution in [0.4, 0.5) is 4.39 Å². The largest absolute Gasteiger partial charge is 0.494 e. The summed E-state index contributed by atoms with van der Waals surface area (Å²) in [7, 11) is 1.45. The van der Waals surface area contributed by atoms with Crippen molar-refractivity contribution in [2.75, 3.05) is 7.11 Å². The van der Waals surface area contributed by atoms with Crippen LogP contribution in [0.15, 0.2) is 12.1 Å². The number of nitrogens with two attached hydrogens (primary N) is 1. The Balaban J connectivity index is 3.37. The molecule has 0 bridgehead atoms. The second kappa shape index (κ2) is 3.58. The van der Waals surface area contributed by atoms with E-state index in [1.54, 1.807) is 26.0 Å². The molecule has 0 saturated carbocycles. The highest BCUT2D eigenvalue weighted by molar-refractivity contribution is 5.38. The summed E-state index contributed by atoms with van der Waals surface area (Å²) in [6.45, 7) is 5.42. The average molecular weight is 197 g/mol. The minimum atomic E-state index is -0.691. The SMILES string of the molecule is COc1cc(C)cc(C(C)(C)N)c1F. The first-order valence-corrected chi connectivity index (χ1v) is 4.49. The van der Waals surface area contributed by atoms with Crippen LogP contribution in [0.1, 0.15) is 25.0 Å². The van der Waals surface area contributed by atoms with Gasteiger partial charge in [0.05, 0.1) is 7.11 Å². The lowest BCUT2D eigenvalue weighted by Gasteiger charge is -2.21. The van der Waals surface area contributed by atoms with Gasteiger partial charge >= 0.3 is 0 Å². The summed E-state index contributed by atoms with van der Waals surface area (Å²) < 4.78 is 18.7. The minimum Gasteiger partial charge on any atom is -0.494 e. The number of aryl methyl sites for hydroxylation is 1. The van der Waals surface area contributed by atoms with Crippen molar-refractivity contribution in [2.24, 2.45) is 5.73 Å². The molecule has 14 heavy (non-hydrogen) atoms. The van der Waals surface area contributed by atoms with Crippen LogP contribution in [-0.2, 0) is 5.54 Å². The van der Waals surface area contributed by atoms with Gasteiger partial charge in [-0.25, -0.2) is 4.39 Å². The zero-order valence-corrected chi connectivity index (χ0v) is 9.02. The van der Waals surface area contributed by atoms with Gasteiger partial charge in [-0.15, -0.1) is 0 Å². The predicted molar refractivity (Wildman–Crippen MR) is 54.9 cm³/mol. The minimum absolute atomic E-state index is 0.249. The van der Waals surface area contributed by atoms with Gasteiger partial charge in [0.15, 0.2) is 11.6 Å². The molecule has 0 spiro atoms. The molecule has 0 atom stereocenters. The second-order valence-electron chi connectivity index (χ2n) is 4.05. The van der Waals surface area contributed by atoms with Crippen LogP contribution in [0.5, 0.6) is 5.75 Å². The lowest BCUT2D eigenvalue weighted by atomic mass is 9.93. The summed E-state index contributed by atoms with van der Waals surface area (Å²) in [6, 6.07) is 3.41. The fourth-order valence-electron chi connectivity index (χ4n) is 1.35. The van der Waals surface area contributed by atoms with Gasteiger partial charge in [-0.2, -0.15) is 0 Å². The smallest absolute Gasteiger partial charge is 0.170 e. The van der Waals surface area contributed by atoms with Crippen molar-refractivity contribution < 1.29 is 9.13 Å². The molecule has 1 rings (SSSR count). The molecule has 0 radical (unpaired) electrons. The number of ether oxygens (including phenoxy) is 1. The molecule has 1 aromatic carbocycles. The fourth-order valence-corrected chi connectivity index (χ4v) is 1.35. The number of halogens is 1. The Bertz CT molecular complexity index is 342. The molecular formula is C11H16FNO. The van der Waals surface area contributed by atoms with Crippen LogP contribution in [0.25, 0.3) is 0 Å². The summed E-state index contributed by atoms with van der Waals surface area (Å²) >= 11 is 0. The van der Waals surface area contributed by atoms with Crippen molar-refractivity contribution in [3.8, 4) is 5.75 Å². The maximum absolute atomic E-state index is 13.7. The van der Waals surface area contributed by atoms with Crippen LogP contribution in [0.3, 0.4) is 0 Å². The Morgan fingerprint density at radius 1 is 1.36 bits per heavy atom. The Labute approximate surface area is 83.9 Å². The Morgan fingerprint density at radius 2 is 1.93 bits per heavy atom.